The maximum Gasteiger partial charge on any atom is 0.122 e. The zero-order valence-corrected chi connectivity index (χ0v) is 12.9. The maximum absolute atomic E-state index is 5.53. The third-order valence-electron chi connectivity index (χ3n) is 3.91. The number of aryl methyl sites for hydroxylation is 3. The van der Waals surface area contributed by atoms with Gasteiger partial charge in [0.1, 0.15) is 5.75 Å². The van der Waals surface area contributed by atoms with E-state index in [4.69, 9.17) is 4.74 Å². The molecule has 0 aliphatic carbocycles. The van der Waals surface area contributed by atoms with Crippen molar-refractivity contribution in [3.05, 3.63) is 46.8 Å². The minimum absolute atomic E-state index is 0.828. The zero-order valence-electron chi connectivity index (χ0n) is 12.9. The summed E-state index contributed by atoms with van der Waals surface area (Å²) in [6.07, 6.45) is 2.14. The largest absolute Gasteiger partial charge is 0.493 e. The topological polar surface area (TPSA) is 39.1 Å². The van der Waals surface area contributed by atoms with Gasteiger partial charge in [0.05, 0.1) is 12.3 Å². The molecule has 112 valence electrons. The Balaban J connectivity index is 1.41. The molecule has 1 aromatic carbocycles. The first-order valence-electron chi connectivity index (χ1n) is 7.69. The quantitative estimate of drug-likeness (QED) is 0.829. The fourth-order valence-corrected chi connectivity index (χ4v) is 2.84. The summed E-state index contributed by atoms with van der Waals surface area (Å²) in [5, 5.41) is 7.99. The van der Waals surface area contributed by atoms with Crippen LogP contribution in [0.4, 0.5) is 0 Å². The second-order valence-corrected chi connectivity index (χ2v) is 5.72. The van der Waals surface area contributed by atoms with Gasteiger partial charge in [0.25, 0.3) is 0 Å². The van der Waals surface area contributed by atoms with Crippen molar-refractivity contribution >= 4 is 0 Å². The summed E-state index contributed by atoms with van der Waals surface area (Å²) in [5.74, 6) is 1.06. The van der Waals surface area contributed by atoms with Crippen molar-refractivity contribution in [3.63, 3.8) is 0 Å². The first kappa shape index (κ1) is 14.1. The summed E-state index contributed by atoms with van der Waals surface area (Å²) in [5.41, 5.74) is 5.02. The average molecular weight is 285 g/mol. The molecule has 0 fully saturated rings. The van der Waals surface area contributed by atoms with Gasteiger partial charge < -0.3 is 10.1 Å². The second-order valence-electron chi connectivity index (χ2n) is 5.72. The summed E-state index contributed by atoms with van der Waals surface area (Å²) in [6.45, 7) is 7.88. The van der Waals surface area contributed by atoms with E-state index in [-0.39, 0.29) is 0 Å². The van der Waals surface area contributed by atoms with Gasteiger partial charge in [-0.25, -0.2) is 0 Å². The summed E-state index contributed by atoms with van der Waals surface area (Å²) >= 11 is 0. The van der Waals surface area contributed by atoms with Crippen LogP contribution in [0.15, 0.2) is 24.3 Å². The molecule has 3 rings (SSSR count). The van der Waals surface area contributed by atoms with Crippen molar-refractivity contribution < 1.29 is 4.74 Å². The van der Waals surface area contributed by atoms with Gasteiger partial charge in [-0.1, -0.05) is 12.1 Å². The third-order valence-corrected chi connectivity index (χ3v) is 3.91. The molecule has 0 saturated heterocycles. The van der Waals surface area contributed by atoms with Crippen molar-refractivity contribution in [3.8, 4) is 5.75 Å². The first-order chi connectivity index (χ1) is 10.2. The molecule has 1 N–H and O–H groups in total. The van der Waals surface area contributed by atoms with Gasteiger partial charge in [0, 0.05) is 25.2 Å². The van der Waals surface area contributed by atoms with E-state index >= 15 is 0 Å². The van der Waals surface area contributed by atoms with Crippen molar-refractivity contribution in [2.45, 2.75) is 39.8 Å². The lowest BCUT2D eigenvalue weighted by Gasteiger charge is -2.07. The lowest BCUT2D eigenvalue weighted by molar-refractivity contribution is 0.357. The zero-order chi connectivity index (χ0) is 14.7. The average Bonchev–Trinajstić information content (AvgIpc) is 3.04. The van der Waals surface area contributed by atoms with Crippen LogP contribution < -0.4 is 10.1 Å². The number of hydrogen-bond acceptors (Lipinski definition) is 3. The molecule has 0 spiro atoms. The Morgan fingerprint density at radius 1 is 1.29 bits per heavy atom. The van der Waals surface area contributed by atoms with Crippen LogP contribution in [0.3, 0.4) is 0 Å². The van der Waals surface area contributed by atoms with Crippen molar-refractivity contribution in [2.24, 2.45) is 0 Å². The standard InChI is InChI=1S/C17H23N3O/c1-13-10-14(2)20(19-13)8-3-7-18-12-15-4-5-17-16(11-15)6-9-21-17/h4-5,10-11,18H,3,6-9,12H2,1-2H3. The molecule has 2 heterocycles. The van der Waals surface area contributed by atoms with Gasteiger partial charge in [-0.05, 0) is 50.1 Å². The van der Waals surface area contributed by atoms with E-state index in [0.29, 0.717) is 0 Å². The highest BCUT2D eigenvalue weighted by atomic mass is 16.5. The minimum atomic E-state index is 0.828. The lowest BCUT2D eigenvalue weighted by Crippen LogP contribution is -2.17. The number of ether oxygens (including phenoxy) is 1. The smallest absolute Gasteiger partial charge is 0.122 e. The van der Waals surface area contributed by atoms with Crippen LogP contribution in [-0.4, -0.2) is 22.9 Å². The maximum atomic E-state index is 5.53. The molecule has 1 aromatic heterocycles. The van der Waals surface area contributed by atoms with Gasteiger partial charge in [-0.2, -0.15) is 5.10 Å². The summed E-state index contributed by atoms with van der Waals surface area (Å²) in [7, 11) is 0. The van der Waals surface area contributed by atoms with Crippen LogP contribution in [0.25, 0.3) is 0 Å². The highest BCUT2D eigenvalue weighted by Crippen LogP contribution is 2.25. The fourth-order valence-electron chi connectivity index (χ4n) is 2.84. The highest BCUT2D eigenvalue weighted by Gasteiger charge is 2.11. The van der Waals surface area contributed by atoms with Gasteiger partial charge in [0.2, 0.25) is 0 Å². The number of nitrogens with one attached hydrogen (secondary N) is 1. The van der Waals surface area contributed by atoms with E-state index in [1.165, 1.54) is 16.8 Å². The van der Waals surface area contributed by atoms with Crippen molar-refractivity contribution in [2.75, 3.05) is 13.2 Å². The Hall–Kier alpha value is -1.81. The number of aromatic nitrogens is 2. The third kappa shape index (κ3) is 3.45. The molecule has 0 bridgehead atoms. The van der Waals surface area contributed by atoms with E-state index in [0.717, 1.165) is 50.5 Å². The van der Waals surface area contributed by atoms with Crippen LogP contribution in [0.5, 0.6) is 5.75 Å². The van der Waals surface area contributed by atoms with Crippen LogP contribution in [-0.2, 0) is 19.5 Å². The van der Waals surface area contributed by atoms with Gasteiger partial charge in [-0.15, -0.1) is 0 Å². The predicted octanol–water partition coefficient (Wildman–Crippen LogP) is 2.61. The highest BCUT2D eigenvalue weighted by molar-refractivity contribution is 5.39. The van der Waals surface area contributed by atoms with E-state index in [1.54, 1.807) is 0 Å². The summed E-state index contributed by atoms with van der Waals surface area (Å²) in [4.78, 5) is 0. The normalized spacial score (nSPS) is 13.2. The van der Waals surface area contributed by atoms with E-state index in [2.05, 4.69) is 46.3 Å². The second kappa shape index (κ2) is 6.31. The Morgan fingerprint density at radius 3 is 3.00 bits per heavy atom. The number of benzene rings is 1. The molecule has 0 saturated carbocycles. The Kier molecular flexibility index (Phi) is 4.25. The van der Waals surface area contributed by atoms with E-state index < -0.39 is 0 Å². The van der Waals surface area contributed by atoms with Crippen LogP contribution >= 0.6 is 0 Å². The molecule has 2 aromatic rings. The SMILES string of the molecule is Cc1cc(C)n(CCCNCc2ccc3c(c2)CCO3)n1. The molecular weight excluding hydrogens is 262 g/mol. The number of fused-ring (bicyclic) bond motifs is 1. The van der Waals surface area contributed by atoms with E-state index in [1.807, 2.05) is 6.92 Å². The molecular formula is C17H23N3O. The molecule has 0 radical (unpaired) electrons. The molecule has 4 nitrogen and oxygen atoms in total. The van der Waals surface area contributed by atoms with E-state index in [9.17, 15) is 0 Å². The van der Waals surface area contributed by atoms with Crippen LogP contribution in [0, 0.1) is 13.8 Å². The first-order valence-corrected chi connectivity index (χ1v) is 7.69. The summed E-state index contributed by atoms with van der Waals surface area (Å²) in [6, 6.07) is 8.63. The number of hydrogen-bond donors (Lipinski definition) is 1. The Morgan fingerprint density at radius 2 is 2.19 bits per heavy atom. The molecule has 1 aliphatic heterocycles. The molecule has 0 atom stereocenters. The lowest BCUT2D eigenvalue weighted by atomic mass is 10.1. The van der Waals surface area contributed by atoms with Gasteiger partial charge in [-0.3, -0.25) is 4.68 Å². The predicted molar refractivity (Wildman–Crippen MR) is 83.7 cm³/mol. The Labute approximate surface area is 126 Å². The minimum Gasteiger partial charge on any atom is -0.493 e. The monoisotopic (exact) mass is 285 g/mol. The fraction of sp³-hybridized carbons (Fsp3) is 0.471. The van der Waals surface area contributed by atoms with Gasteiger partial charge in [0.15, 0.2) is 0 Å². The van der Waals surface area contributed by atoms with Crippen molar-refractivity contribution in [1.29, 1.82) is 0 Å². The molecule has 0 amide bonds. The number of rotatable bonds is 6. The van der Waals surface area contributed by atoms with Crippen LogP contribution in [0.1, 0.15) is 28.9 Å². The Bertz CT molecular complexity index is 618. The summed E-state index contributed by atoms with van der Waals surface area (Å²) < 4.78 is 7.62. The molecule has 21 heavy (non-hydrogen) atoms. The van der Waals surface area contributed by atoms with Crippen molar-refractivity contribution in [1.82, 2.24) is 15.1 Å². The number of nitrogens with zero attached hydrogens (tertiary/aromatic N) is 2. The molecule has 1 aliphatic rings. The van der Waals surface area contributed by atoms with Gasteiger partial charge >= 0.3 is 0 Å². The van der Waals surface area contributed by atoms with Crippen LogP contribution in [0.2, 0.25) is 0 Å². The molecule has 0 unspecified atom stereocenters. The molecule has 4 heteroatoms.